The van der Waals surface area contributed by atoms with Crippen molar-refractivity contribution in [2.24, 2.45) is 0 Å². The Morgan fingerprint density at radius 2 is 1.85 bits per heavy atom. The lowest BCUT2D eigenvalue weighted by Gasteiger charge is -2.17. The van der Waals surface area contributed by atoms with Gasteiger partial charge in [-0.25, -0.2) is 4.79 Å². The molecule has 1 aromatic carbocycles. The summed E-state index contributed by atoms with van der Waals surface area (Å²) in [6.07, 6.45) is -1.52. The van der Waals surface area contributed by atoms with Crippen LogP contribution in [0.4, 0.5) is 4.79 Å². The normalized spacial score (nSPS) is 10.9. The van der Waals surface area contributed by atoms with E-state index in [0.29, 0.717) is 5.56 Å². The van der Waals surface area contributed by atoms with Gasteiger partial charge in [0.25, 0.3) is 4.52 Å². The van der Waals surface area contributed by atoms with Gasteiger partial charge in [0.2, 0.25) is 0 Å². The third-order valence-electron chi connectivity index (χ3n) is 1.33. The van der Waals surface area contributed by atoms with Crippen LogP contribution in [-0.4, -0.2) is 11.3 Å². The summed E-state index contributed by atoms with van der Waals surface area (Å²) in [7, 11) is 0. The molecule has 3 nitrogen and oxygen atoms in total. The predicted octanol–water partition coefficient (Wildman–Crippen LogP) is 2.97. The monoisotopic (exact) mass is 220 g/mol. The molecule has 0 aliphatic heterocycles. The van der Waals surface area contributed by atoms with E-state index in [9.17, 15) is 4.79 Å². The molecule has 0 spiro atoms. The van der Waals surface area contributed by atoms with Crippen molar-refractivity contribution in [3.8, 4) is 0 Å². The highest BCUT2D eigenvalue weighted by atomic mass is 35.5. The first-order valence-electron chi connectivity index (χ1n) is 3.37. The highest BCUT2D eigenvalue weighted by Crippen LogP contribution is 2.34. The van der Waals surface area contributed by atoms with Crippen LogP contribution < -0.4 is 0 Å². The van der Waals surface area contributed by atoms with Crippen molar-refractivity contribution in [1.82, 2.24) is 0 Å². The van der Waals surface area contributed by atoms with Gasteiger partial charge in [-0.05, 0) is 0 Å². The lowest BCUT2D eigenvalue weighted by atomic mass is 10.2. The predicted molar refractivity (Wildman–Crippen MR) is 48.9 cm³/mol. The fraction of sp³-hybridized carbons (Fsp3) is 0.125. The molecule has 0 saturated heterocycles. The standard InChI is InChI=1S/C8H6Cl2O3/c9-8(10,13-7(11)12)6-4-2-1-3-5-6/h1-5H,(H,11,12). The zero-order chi connectivity index (χ0) is 9.90. The van der Waals surface area contributed by atoms with Crippen LogP contribution in [0, 0.1) is 0 Å². The molecule has 0 radical (unpaired) electrons. The third-order valence-corrected chi connectivity index (χ3v) is 1.92. The Bertz CT molecular complexity index is 298. The molecule has 0 amide bonds. The maximum Gasteiger partial charge on any atom is 0.508 e. The van der Waals surface area contributed by atoms with Gasteiger partial charge >= 0.3 is 6.16 Å². The van der Waals surface area contributed by atoms with E-state index >= 15 is 0 Å². The van der Waals surface area contributed by atoms with Crippen molar-refractivity contribution in [2.75, 3.05) is 0 Å². The summed E-state index contributed by atoms with van der Waals surface area (Å²) in [4.78, 5) is 10.2. The Balaban J connectivity index is 2.87. The second-order valence-electron chi connectivity index (χ2n) is 2.25. The Morgan fingerprint density at radius 1 is 1.31 bits per heavy atom. The van der Waals surface area contributed by atoms with Crippen molar-refractivity contribution < 1.29 is 14.6 Å². The molecule has 1 rings (SSSR count). The molecule has 1 N–H and O–H groups in total. The van der Waals surface area contributed by atoms with Crippen molar-refractivity contribution in [3.63, 3.8) is 0 Å². The van der Waals surface area contributed by atoms with E-state index in [2.05, 4.69) is 4.74 Å². The molecule has 0 aliphatic rings. The molecule has 70 valence electrons. The minimum atomic E-state index is -1.84. The fourth-order valence-electron chi connectivity index (χ4n) is 0.801. The van der Waals surface area contributed by atoms with Crippen LogP contribution >= 0.6 is 23.2 Å². The maximum absolute atomic E-state index is 10.2. The summed E-state index contributed by atoms with van der Waals surface area (Å²) in [5.74, 6) is 0. The number of hydrogen-bond acceptors (Lipinski definition) is 2. The van der Waals surface area contributed by atoms with E-state index < -0.39 is 10.7 Å². The molecule has 0 unspecified atom stereocenters. The Kier molecular flexibility index (Phi) is 3.01. The van der Waals surface area contributed by atoms with Crippen LogP contribution in [0.2, 0.25) is 0 Å². The average molecular weight is 221 g/mol. The number of alkyl halides is 2. The molecule has 5 heteroatoms. The van der Waals surface area contributed by atoms with Crippen molar-refractivity contribution >= 4 is 29.4 Å². The van der Waals surface area contributed by atoms with Gasteiger partial charge in [-0.3, -0.25) is 0 Å². The van der Waals surface area contributed by atoms with E-state index in [0.717, 1.165) is 0 Å². The van der Waals surface area contributed by atoms with E-state index in [1.165, 1.54) is 0 Å². The minimum Gasteiger partial charge on any atom is -0.450 e. The van der Waals surface area contributed by atoms with E-state index in [-0.39, 0.29) is 0 Å². The molecule has 0 aromatic heterocycles. The second kappa shape index (κ2) is 3.85. The van der Waals surface area contributed by atoms with Gasteiger partial charge in [-0.1, -0.05) is 53.5 Å². The van der Waals surface area contributed by atoms with E-state index in [1.54, 1.807) is 30.3 Å². The molecule has 0 fully saturated rings. The van der Waals surface area contributed by atoms with Crippen molar-refractivity contribution in [1.29, 1.82) is 0 Å². The van der Waals surface area contributed by atoms with E-state index in [4.69, 9.17) is 28.3 Å². The molecule has 0 saturated carbocycles. The summed E-state index contributed by atoms with van der Waals surface area (Å²) >= 11 is 11.2. The SMILES string of the molecule is O=C(O)OC(Cl)(Cl)c1ccccc1. The van der Waals surface area contributed by atoms with Crippen LogP contribution in [-0.2, 0) is 9.26 Å². The third kappa shape index (κ3) is 2.79. The number of carbonyl (C=O) groups is 1. The summed E-state index contributed by atoms with van der Waals surface area (Å²) in [5.41, 5.74) is 0.376. The first-order valence-corrected chi connectivity index (χ1v) is 4.13. The van der Waals surface area contributed by atoms with Crippen LogP contribution in [0.1, 0.15) is 5.56 Å². The molecule has 0 heterocycles. The van der Waals surface area contributed by atoms with Gasteiger partial charge < -0.3 is 9.84 Å². The molecular formula is C8H6Cl2O3. The van der Waals surface area contributed by atoms with Crippen LogP contribution in [0.3, 0.4) is 0 Å². The first kappa shape index (κ1) is 10.2. The molecule has 0 bridgehead atoms. The topological polar surface area (TPSA) is 46.5 Å². The summed E-state index contributed by atoms with van der Waals surface area (Å²) in [5, 5.41) is 8.32. The van der Waals surface area contributed by atoms with E-state index in [1.807, 2.05) is 0 Å². The molecule has 13 heavy (non-hydrogen) atoms. The number of benzene rings is 1. The van der Waals surface area contributed by atoms with Gasteiger partial charge in [0.15, 0.2) is 0 Å². The number of carboxylic acid groups (broad SMARTS) is 1. The van der Waals surface area contributed by atoms with Crippen LogP contribution in [0.25, 0.3) is 0 Å². The fourth-order valence-corrected chi connectivity index (χ4v) is 1.18. The van der Waals surface area contributed by atoms with Crippen molar-refractivity contribution in [3.05, 3.63) is 35.9 Å². The summed E-state index contributed by atoms with van der Waals surface area (Å²) < 4.78 is 2.43. The Morgan fingerprint density at radius 3 is 2.31 bits per heavy atom. The average Bonchev–Trinajstić information content (AvgIpc) is 2.04. The van der Waals surface area contributed by atoms with Gasteiger partial charge in [0.05, 0.1) is 0 Å². The highest BCUT2D eigenvalue weighted by Gasteiger charge is 2.30. The molecule has 0 atom stereocenters. The summed E-state index contributed by atoms with van der Waals surface area (Å²) in [6, 6.07) is 8.26. The summed E-state index contributed by atoms with van der Waals surface area (Å²) in [6.45, 7) is 0. The Hall–Kier alpha value is -0.930. The van der Waals surface area contributed by atoms with Gasteiger partial charge in [-0.2, -0.15) is 0 Å². The van der Waals surface area contributed by atoms with Crippen molar-refractivity contribution in [2.45, 2.75) is 4.52 Å². The number of ether oxygens (including phenoxy) is 1. The van der Waals surface area contributed by atoms with Crippen LogP contribution in [0.5, 0.6) is 0 Å². The largest absolute Gasteiger partial charge is 0.508 e. The molecular weight excluding hydrogens is 215 g/mol. The lowest BCUT2D eigenvalue weighted by Crippen LogP contribution is -2.18. The maximum atomic E-state index is 10.2. The first-order chi connectivity index (χ1) is 6.02. The second-order valence-corrected chi connectivity index (χ2v) is 3.51. The number of hydrogen-bond donors (Lipinski definition) is 1. The quantitative estimate of drug-likeness (QED) is 0.616. The smallest absolute Gasteiger partial charge is 0.450 e. The number of halogens is 2. The zero-order valence-electron chi connectivity index (χ0n) is 6.41. The Labute approximate surface area is 84.8 Å². The molecule has 1 aromatic rings. The van der Waals surface area contributed by atoms with Crippen LogP contribution in [0.15, 0.2) is 30.3 Å². The van der Waals surface area contributed by atoms with Gasteiger partial charge in [-0.15, -0.1) is 0 Å². The zero-order valence-corrected chi connectivity index (χ0v) is 7.92. The van der Waals surface area contributed by atoms with Gasteiger partial charge in [0.1, 0.15) is 0 Å². The highest BCUT2D eigenvalue weighted by molar-refractivity contribution is 6.47. The van der Waals surface area contributed by atoms with Gasteiger partial charge in [0, 0.05) is 5.56 Å². The minimum absolute atomic E-state index is 0.376. The lowest BCUT2D eigenvalue weighted by molar-refractivity contribution is 0.0646. The molecule has 0 aliphatic carbocycles. The number of rotatable bonds is 2.